The molecule has 0 atom stereocenters. The molecule has 5 nitrogen and oxygen atoms in total. The van der Waals surface area contributed by atoms with Crippen molar-refractivity contribution >= 4 is 17.5 Å². The summed E-state index contributed by atoms with van der Waals surface area (Å²) in [5.41, 5.74) is 6.66. The van der Waals surface area contributed by atoms with Crippen molar-refractivity contribution in [3.8, 4) is 11.1 Å². The molecule has 1 fully saturated rings. The van der Waals surface area contributed by atoms with Crippen LogP contribution in [0.4, 0.5) is 11.6 Å². The minimum absolute atomic E-state index is 0.0226. The second kappa shape index (κ2) is 8.66. The summed E-state index contributed by atoms with van der Waals surface area (Å²) in [5, 5.41) is 3.08. The van der Waals surface area contributed by atoms with Crippen LogP contribution in [0, 0.1) is 26.7 Å². The van der Waals surface area contributed by atoms with Crippen LogP contribution in [0.1, 0.15) is 29.5 Å². The zero-order chi connectivity index (χ0) is 21.1. The molecule has 5 heteroatoms. The monoisotopic (exact) mass is 400 g/mol. The summed E-state index contributed by atoms with van der Waals surface area (Å²) < 4.78 is 0. The Labute approximate surface area is 178 Å². The van der Waals surface area contributed by atoms with Gasteiger partial charge in [0.15, 0.2) is 0 Å². The van der Waals surface area contributed by atoms with Crippen LogP contribution >= 0.6 is 0 Å². The number of carbonyl (C=O) groups excluding carboxylic acids is 1. The number of piperidine rings is 1. The molecule has 0 unspecified atom stereocenters. The number of anilines is 2. The number of nitrogens with zero attached hydrogens (tertiary/aromatic N) is 3. The van der Waals surface area contributed by atoms with Gasteiger partial charge in [0.1, 0.15) is 0 Å². The maximum absolute atomic E-state index is 12.7. The fourth-order valence-corrected chi connectivity index (χ4v) is 3.86. The van der Waals surface area contributed by atoms with Gasteiger partial charge in [0.25, 0.3) is 0 Å². The summed E-state index contributed by atoms with van der Waals surface area (Å²) in [6.45, 7) is 7.79. The third-order valence-corrected chi connectivity index (χ3v) is 5.91. The van der Waals surface area contributed by atoms with Crippen LogP contribution < -0.4 is 10.2 Å². The molecule has 0 radical (unpaired) electrons. The maximum Gasteiger partial charge on any atom is 0.227 e. The highest BCUT2D eigenvalue weighted by Crippen LogP contribution is 2.24. The smallest absolute Gasteiger partial charge is 0.227 e. The van der Waals surface area contributed by atoms with Crippen LogP contribution in [0.2, 0.25) is 0 Å². The number of amides is 1. The first-order valence-electron chi connectivity index (χ1n) is 10.5. The van der Waals surface area contributed by atoms with Crippen molar-refractivity contribution in [2.45, 2.75) is 33.6 Å². The highest BCUT2D eigenvalue weighted by Gasteiger charge is 2.26. The van der Waals surface area contributed by atoms with E-state index in [0.29, 0.717) is 0 Å². The standard InChI is InChI=1S/C25H28N4O/c1-17-5-4-6-21(13-17)22-15-26-25(27-16-22)29-11-9-20(10-12-29)24(30)28-23-8-7-18(2)19(3)14-23/h4-8,13-16,20H,9-12H2,1-3H3,(H,28,30). The zero-order valence-corrected chi connectivity index (χ0v) is 17.9. The average molecular weight is 401 g/mol. The molecule has 1 aliphatic rings. The van der Waals surface area contributed by atoms with Gasteiger partial charge >= 0.3 is 0 Å². The van der Waals surface area contributed by atoms with E-state index in [4.69, 9.17) is 0 Å². The molecule has 1 aromatic heterocycles. The van der Waals surface area contributed by atoms with Gasteiger partial charge in [0.05, 0.1) is 0 Å². The van der Waals surface area contributed by atoms with Crippen LogP contribution in [0.5, 0.6) is 0 Å². The lowest BCUT2D eigenvalue weighted by Crippen LogP contribution is -2.39. The van der Waals surface area contributed by atoms with E-state index in [1.165, 1.54) is 16.7 Å². The first-order valence-corrected chi connectivity index (χ1v) is 10.5. The minimum Gasteiger partial charge on any atom is -0.341 e. The molecule has 0 spiro atoms. The number of aromatic nitrogens is 2. The van der Waals surface area contributed by atoms with Crippen molar-refractivity contribution in [3.63, 3.8) is 0 Å². The SMILES string of the molecule is Cc1cccc(-c2cnc(N3CCC(C(=O)Nc4ccc(C)c(C)c4)CC3)nc2)c1. The van der Waals surface area contributed by atoms with E-state index < -0.39 is 0 Å². The van der Waals surface area contributed by atoms with E-state index >= 15 is 0 Å². The van der Waals surface area contributed by atoms with Crippen molar-refractivity contribution in [1.82, 2.24) is 9.97 Å². The molecule has 4 rings (SSSR count). The molecule has 154 valence electrons. The number of aryl methyl sites for hydroxylation is 3. The van der Waals surface area contributed by atoms with Gasteiger partial charge in [-0.2, -0.15) is 0 Å². The van der Waals surface area contributed by atoms with Crippen molar-refractivity contribution in [1.29, 1.82) is 0 Å². The van der Waals surface area contributed by atoms with Gasteiger partial charge < -0.3 is 10.2 Å². The van der Waals surface area contributed by atoms with E-state index in [2.05, 4.69) is 59.2 Å². The van der Waals surface area contributed by atoms with E-state index in [1.807, 2.05) is 36.7 Å². The van der Waals surface area contributed by atoms with Gasteiger partial charge in [-0.15, -0.1) is 0 Å². The third-order valence-electron chi connectivity index (χ3n) is 5.91. The lowest BCUT2D eigenvalue weighted by Gasteiger charge is -2.31. The molecule has 1 saturated heterocycles. The highest BCUT2D eigenvalue weighted by atomic mass is 16.1. The number of nitrogens with one attached hydrogen (secondary N) is 1. The van der Waals surface area contributed by atoms with E-state index in [-0.39, 0.29) is 11.8 Å². The van der Waals surface area contributed by atoms with Crippen LogP contribution in [0.3, 0.4) is 0 Å². The molecule has 1 N–H and O–H groups in total. The van der Waals surface area contributed by atoms with Crippen LogP contribution in [0.25, 0.3) is 11.1 Å². The third kappa shape index (κ3) is 4.51. The number of benzene rings is 2. The summed E-state index contributed by atoms with van der Waals surface area (Å²) in [7, 11) is 0. The second-order valence-corrected chi connectivity index (χ2v) is 8.19. The Hall–Kier alpha value is -3.21. The fourth-order valence-electron chi connectivity index (χ4n) is 3.86. The van der Waals surface area contributed by atoms with Gasteiger partial charge in [0.2, 0.25) is 11.9 Å². The van der Waals surface area contributed by atoms with Gasteiger partial charge in [0, 0.05) is 42.7 Å². The molecule has 0 aliphatic carbocycles. The Kier molecular flexibility index (Phi) is 5.79. The first-order chi connectivity index (χ1) is 14.5. The first kappa shape index (κ1) is 20.1. The summed E-state index contributed by atoms with van der Waals surface area (Å²) in [6, 6.07) is 14.4. The lowest BCUT2D eigenvalue weighted by atomic mass is 9.96. The van der Waals surface area contributed by atoms with Crippen molar-refractivity contribution in [2.24, 2.45) is 5.92 Å². The minimum atomic E-state index is 0.0226. The summed E-state index contributed by atoms with van der Waals surface area (Å²) in [4.78, 5) is 24.0. The van der Waals surface area contributed by atoms with Gasteiger partial charge in [-0.05, 0) is 62.4 Å². The summed E-state index contributed by atoms with van der Waals surface area (Å²) >= 11 is 0. The topological polar surface area (TPSA) is 58.1 Å². The molecule has 0 saturated carbocycles. The Morgan fingerprint density at radius 2 is 1.67 bits per heavy atom. The van der Waals surface area contributed by atoms with Crippen LogP contribution in [0.15, 0.2) is 54.9 Å². The molecule has 2 aromatic carbocycles. The van der Waals surface area contributed by atoms with Crippen LogP contribution in [-0.4, -0.2) is 29.0 Å². The summed E-state index contributed by atoms with van der Waals surface area (Å²) in [6.07, 6.45) is 5.38. The fraction of sp³-hybridized carbons (Fsp3) is 0.320. The van der Waals surface area contributed by atoms with Gasteiger partial charge in [-0.1, -0.05) is 35.9 Å². The highest BCUT2D eigenvalue weighted by molar-refractivity contribution is 5.92. The second-order valence-electron chi connectivity index (χ2n) is 8.19. The Bertz CT molecular complexity index is 1040. The predicted octanol–water partition coefficient (Wildman–Crippen LogP) is 4.92. The number of carbonyl (C=O) groups is 1. The molecule has 0 bridgehead atoms. The van der Waals surface area contributed by atoms with Crippen molar-refractivity contribution in [2.75, 3.05) is 23.3 Å². The number of hydrogen-bond acceptors (Lipinski definition) is 4. The lowest BCUT2D eigenvalue weighted by molar-refractivity contribution is -0.120. The molecule has 1 aliphatic heterocycles. The predicted molar refractivity (Wildman–Crippen MR) is 122 cm³/mol. The normalized spacial score (nSPS) is 14.6. The number of hydrogen-bond donors (Lipinski definition) is 1. The van der Waals surface area contributed by atoms with E-state index in [0.717, 1.165) is 48.7 Å². The van der Waals surface area contributed by atoms with Gasteiger partial charge in [-0.3, -0.25) is 4.79 Å². The molecule has 1 amide bonds. The molecular weight excluding hydrogens is 372 g/mol. The average Bonchev–Trinajstić information content (AvgIpc) is 2.76. The largest absolute Gasteiger partial charge is 0.341 e. The summed E-state index contributed by atoms with van der Waals surface area (Å²) in [5.74, 6) is 0.863. The zero-order valence-electron chi connectivity index (χ0n) is 17.9. The Balaban J connectivity index is 1.34. The Morgan fingerprint density at radius 3 is 2.33 bits per heavy atom. The number of rotatable bonds is 4. The van der Waals surface area contributed by atoms with E-state index in [1.54, 1.807) is 0 Å². The van der Waals surface area contributed by atoms with Crippen molar-refractivity contribution < 1.29 is 4.79 Å². The van der Waals surface area contributed by atoms with E-state index in [9.17, 15) is 4.79 Å². The van der Waals surface area contributed by atoms with Gasteiger partial charge in [-0.25, -0.2) is 9.97 Å². The molecule has 2 heterocycles. The van der Waals surface area contributed by atoms with Crippen LogP contribution in [-0.2, 0) is 4.79 Å². The molecule has 3 aromatic rings. The quantitative estimate of drug-likeness (QED) is 0.675. The molecular formula is C25H28N4O. The Morgan fingerprint density at radius 1 is 0.933 bits per heavy atom. The molecule has 30 heavy (non-hydrogen) atoms. The van der Waals surface area contributed by atoms with Crippen molar-refractivity contribution in [3.05, 3.63) is 71.5 Å². The maximum atomic E-state index is 12.7.